The van der Waals surface area contributed by atoms with Crippen molar-refractivity contribution in [1.82, 2.24) is 25.1 Å². The minimum atomic E-state index is 0.0187. The molecule has 0 N–H and O–H groups in total. The summed E-state index contributed by atoms with van der Waals surface area (Å²) in [6, 6.07) is 15.5. The molecule has 7 nitrogen and oxygen atoms in total. The summed E-state index contributed by atoms with van der Waals surface area (Å²) in [5.74, 6) is 1.40. The number of ether oxygens (including phenoxy) is 1. The van der Waals surface area contributed by atoms with E-state index in [0.29, 0.717) is 18.0 Å². The molecule has 0 saturated heterocycles. The van der Waals surface area contributed by atoms with E-state index in [2.05, 4.69) is 22.4 Å². The molecule has 1 saturated carbocycles. The number of hydrogen-bond acceptors (Lipinski definition) is 5. The van der Waals surface area contributed by atoms with Crippen LogP contribution in [0.4, 0.5) is 0 Å². The molecule has 144 valence electrons. The predicted octanol–water partition coefficient (Wildman–Crippen LogP) is 3.11. The van der Waals surface area contributed by atoms with E-state index in [9.17, 15) is 4.79 Å². The SMILES string of the molecule is COc1ccc(CN(C(=O)c2cccc(-n3cnnn3)c2)C(C)C2CC2)cc1. The molecule has 28 heavy (non-hydrogen) atoms. The first-order chi connectivity index (χ1) is 13.7. The molecule has 0 bridgehead atoms. The van der Waals surface area contributed by atoms with Gasteiger partial charge in [-0.3, -0.25) is 4.79 Å². The Hall–Kier alpha value is -3.22. The number of carbonyl (C=O) groups excluding carboxylic acids is 1. The Bertz CT molecular complexity index is 936. The fraction of sp³-hybridized carbons (Fsp3) is 0.333. The standard InChI is InChI=1S/C21H23N5O2/c1-15(17-8-9-17)25(13-16-6-10-20(28-2)11-7-16)21(27)18-4-3-5-19(12-18)26-14-22-23-24-26/h3-7,10-12,14-15,17H,8-9,13H2,1-2H3. The van der Waals surface area contributed by atoms with Gasteiger partial charge in [0.25, 0.3) is 5.91 Å². The van der Waals surface area contributed by atoms with E-state index >= 15 is 0 Å². The number of aromatic nitrogens is 4. The fourth-order valence-electron chi connectivity index (χ4n) is 3.39. The average Bonchev–Trinajstić information content (AvgIpc) is 3.45. The quantitative estimate of drug-likeness (QED) is 0.633. The molecular weight excluding hydrogens is 354 g/mol. The lowest BCUT2D eigenvalue weighted by Gasteiger charge is -2.30. The lowest BCUT2D eigenvalue weighted by atomic mass is 10.1. The van der Waals surface area contributed by atoms with Crippen molar-refractivity contribution in [3.8, 4) is 11.4 Å². The van der Waals surface area contributed by atoms with Crippen LogP contribution < -0.4 is 4.74 Å². The zero-order valence-corrected chi connectivity index (χ0v) is 16.0. The molecule has 1 fully saturated rings. The van der Waals surface area contributed by atoms with Gasteiger partial charge in [0.05, 0.1) is 12.8 Å². The monoisotopic (exact) mass is 377 g/mol. The summed E-state index contributed by atoms with van der Waals surface area (Å²) >= 11 is 0. The summed E-state index contributed by atoms with van der Waals surface area (Å²) in [6.07, 6.45) is 3.88. The molecule has 1 amide bonds. The van der Waals surface area contributed by atoms with Gasteiger partial charge in [-0.25, -0.2) is 4.68 Å². The largest absolute Gasteiger partial charge is 0.497 e. The highest BCUT2D eigenvalue weighted by atomic mass is 16.5. The molecule has 1 aliphatic carbocycles. The van der Waals surface area contributed by atoms with Gasteiger partial charge in [-0.2, -0.15) is 0 Å². The topological polar surface area (TPSA) is 73.1 Å². The first kappa shape index (κ1) is 18.2. The Morgan fingerprint density at radius 1 is 1.25 bits per heavy atom. The Morgan fingerprint density at radius 2 is 2.04 bits per heavy atom. The summed E-state index contributed by atoms with van der Waals surface area (Å²) in [7, 11) is 1.65. The Kier molecular flexibility index (Phi) is 5.06. The van der Waals surface area contributed by atoms with Crippen molar-refractivity contribution >= 4 is 5.91 Å². The van der Waals surface area contributed by atoms with Gasteiger partial charge in [-0.15, -0.1) is 5.10 Å². The van der Waals surface area contributed by atoms with E-state index in [1.807, 2.05) is 53.4 Å². The first-order valence-corrected chi connectivity index (χ1v) is 9.43. The molecule has 1 aliphatic rings. The fourth-order valence-corrected chi connectivity index (χ4v) is 3.39. The van der Waals surface area contributed by atoms with Crippen LogP contribution in [0, 0.1) is 5.92 Å². The van der Waals surface area contributed by atoms with Gasteiger partial charge in [0.2, 0.25) is 0 Å². The van der Waals surface area contributed by atoms with Crippen molar-refractivity contribution in [3.63, 3.8) is 0 Å². The molecule has 2 aromatic carbocycles. The molecule has 0 aliphatic heterocycles. The normalized spacial score (nSPS) is 14.5. The lowest BCUT2D eigenvalue weighted by Crippen LogP contribution is -2.39. The zero-order chi connectivity index (χ0) is 19.5. The van der Waals surface area contributed by atoms with Gasteiger partial charge < -0.3 is 9.64 Å². The molecule has 1 aromatic heterocycles. The van der Waals surface area contributed by atoms with Crippen molar-refractivity contribution in [1.29, 1.82) is 0 Å². The van der Waals surface area contributed by atoms with Crippen LogP contribution in [0.1, 0.15) is 35.7 Å². The minimum absolute atomic E-state index is 0.0187. The molecule has 3 aromatic rings. The smallest absolute Gasteiger partial charge is 0.254 e. The number of amides is 1. The third-order valence-electron chi connectivity index (χ3n) is 5.28. The number of carbonyl (C=O) groups is 1. The number of tetrazole rings is 1. The van der Waals surface area contributed by atoms with Crippen LogP contribution in [0.3, 0.4) is 0 Å². The van der Waals surface area contributed by atoms with Crippen LogP contribution in [-0.4, -0.2) is 44.2 Å². The number of benzene rings is 2. The van der Waals surface area contributed by atoms with Gasteiger partial charge in [-0.1, -0.05) is 18.2 Å². The van der Waals surface area contributed by atoms with E-state index in [-0.39, 0.29) is 11.9 Å². The summed E-state index contributed by atoms with van der Waals surface area (Å²) in [4.78, 5) is 15.4. The molecule has 0 spiro atoms. The van der Waals surface area contributed by atoms with Gasteiger partial charge in [0, 0.05) is 18.2 Å². The van der Waals surface area contributed by atoms with Crippen molar-refractivity contribution in [2.45, 2.75) is 32.4 Å². The number of nitrogens with zero attached hydrogens (tertiary/aromatic N) is 5. The van der Waals surface area contributed by atoms with E-state index in [1.54, 1.807) is 11.8 Å². The van der Waals surface area contributed by atoms with E-state index in [4.69, 9.17) is 4.74 Å². The number of rotatable bonds is 7. The highest BCUT2D eigenvalue weighted by Gasteiger charge is 2.34. The van der Waals surface area contributed by atoms with Crippen LogP contribution in [0.5, 0.6) is 5.75 Å². The molecule has 1 atom stereocenters. The van der Waals surface area contributed by atoms with Gasteiger partial charge >= 0.3 is 0 Å². The third-order valence-corrected chi connectivity index (χ3v) is 5.28. The maximum Gasteiger partial charge on any atom is 0.254 e. The lowest BCUT2D eigenvalue weighted by molar-refractivity contribution is 0.0654. The minimum Gasteiger partial charge on any atom is -0.497 e. The van der Waals surface area contributed by atoms with Crippen molar-refractivity contribution in [3.05, 3.63) is 66.0 Å². The summed E-state index contributed by atoms with van der Waals surface area (Å²) in [5.41, 5.74) is 2.48. The van der Waals surface area contributed by atoms with Gasteiger partial charge in [-0.05, 0) is 72.0 Å². The van der Waals surface area contributed by atoms with Gasteiger partial charge in [0.15, 0.2) is 0 Å². The van der Waals surface area contributed by atoms with Crippen molar-refractivity contribution in [2.24, 2.45) is 5.92 Å². The third kappa shape index (κ3) is 3.88. The van der Waals surface area contributed by atoms with Crippen LogP contribution in [0.2, 0.25) is 0 Å². The Labute approximate surface area is 163 Å². The molecule has 4 rings (SSSR count). The first-order valence-electron chi connectivity index (χ1n) is 9.43. The summed E-state index contributed by atoms with van der Waals surface area (Å²) in [6.45, 7) is 2.71. The molecule has 1 unspecified atom stereocenters. The van der Waals surface area contributed by atoms with Crippen LogP contribution >= 0.6 is 0 Å². The maximum absolute atomic E-state index is 13.4. The second-order valence-corrected chi connectivity index (χ2v) is 7.16. The Morgan fingerprint density at radius 3 is 2.68 bits per heavy atom. The molecule has 7 heteroatoms. The van der Waals surface area contributed by atoms with Crippen molar-refractivity contribution in [2.75, 3.05) is 7.11 Å². The van der Waals surface area contributed by atoms with Gasteiger partial charge in [0.1, 0.15) is 12.1 Å². The second kappa shape index (κ2) is 7.80. The highest BCUT2D eigenvalue weighted by molar-refractivity contribution is 5.95. The molecule has 0 radical (unpaired) electrons. The number of methoxy groups -OCH3 is 1. The highest BCUT2D eigenvalue weighted by Crippen LogP contribution is 2.36. The van der Waals surface area contributed by atoms with Crippen LogP contribution in [0.25, 0.3) is 5.69 Å². The Balaban J connectivity index is 1.60. The van der Waals surface area contributed by atoms with E-state index in [0.717, 1.165) is 17.0 Å². The number of hydrogen-bond donors (Lipinski definition) is 0. The average molecular weight is 377 g/mol. The zero-order valence-electron chi connectivity index (χ0n) is 16.0. The predicted molar refractivity (Wildman–Crippen MR) is 104 cm³/mol. The second-order valence-electron chi connectivity index (χ2n) is 7.16. The summed E-state index contributed by atoms with van der Waals surface area (Å²) in [5, 5.41) is 11.2. The molecule has 1 heterocycles. The van der Waals surface area contributed by atoms with Crippen molar-refractivity contribution < 1.29 is 9.53 Å². The van der Waals surface area contributed by atoms with Crippen LogP contribution in [-0.2, 0) is 6.54 Å². The molecular formula is C21H23N5O2. The van der Waals surface area contributed by atoms with E-state index in [1.165, 1.54) is 19.2 Å². The summed E-state index contributed by atoms with van der Waals surface area (Å²) < 4.78 is 6.79. The van der Waals surface area contributed by atoms with Crippen LogP contribution in [0.15, 0.2) is 54.9 Å². The van der Waals surface area contributed by atoms with E-state index < -0.39 is 0 Å². The maximum atomic E-state index is 13.4.